The molecule has 9 heavy (non-hydrogen) atoms. The fraction of sp³-hybridized carbons (Fsp3) is 0.333. The van der Waals surface area contributed by atoms with Crippen LogP contribution in [0.3, 0.4) is 0 Å². The Labute approximate surface area is 57.6 Å². The van der Waals surface area contributed by atoms with Gasteiger partial charge in [0.25, 0.3) is 0 Å². The van der Waals surface area contributed by atoms with Gasteiger partial charge in [-0.3, -0.25) is 0 Å². The van der Waals surface area contributed by atoms with Crippen molar-refractivity contribution in [3.63, 3.8) is 0 Å². The van der Waals surface area contributed by atoms with Gasteiger partial charge in [0.05, 0.1) is 0 Å². The molecule has 0 heterocycles. The Balaban J connectivity index is 3.35. The van der Waals surface area contributed by atoms with Gasteiger partial charge in [0.2, 0.25) is 0 Å². The Hall–Kier alpha value is -0.780. The molecule has 50 valence electrons. The molecule has 0 heteroatoms. The van der Waals surface area contributed by atoms with Crippen molar-refractivity contribution in [3.8, 4) is 0 Å². The van der Waals surface area contributed by atoms with E-state index in [2.05, 4.69) is 19.1 Å². The van der Waals surface area contributed by atoms with E-state index in [-0.39, 0.29) is 0 Å². The first-order valence-corrected chi connectivity index (χ1v) is 3.36. The van der Waals surface area contributed by atoms with Crippen molar-refractivity contribution in [2.24, 2.45) is 0 Å². The molecular weight excluding hydrogens is 108 g/mol. The van der Waals surface area contributed by atoms with Crippen molar-refractivity contribution in [2.75, 3.05) is 0 Å². The second-order valence-corrected chi connectivity index (χ2v) is 1.75. The van der Waals surface area contributed by atoms with Crippen LogP contribution in [-0.2, 0) is 0 Å². The monoisotopic (exact) mass is 122 g/mol. The molecule has 0 fully saturated rings. The van der Waals surface area contributed by atoms with E-state index in [4.69, 9.17) is 0 Å². The van der Waals surface area contributed by atoms with Gasteiger partial charge in [-0.25, -0.2) is 0 Å². The van der Waals surface area contributed by atoms with Crippen LogP contribution >= 0.6 is 0 Å². The lowest BCUT2D eigenvalue weighted by atomic mass is 10.4. The summed E-state index contributed by atoms with van der Waals surface area (Å²) < 4.78 is 0. The van der Waals surface area contributed by atoms with Gasteiger partial charge >= 0.3 is 0 Å². The van der Waals surface area contributed by atoms with Crippen molar-refractivity contribution in [2.45, 2.75) is 20.3 Å². The number of hydrogen-bond donors (Lipinski definition) is 0. The van der Waals surface area contributed by atoms with Gasteiger partial charge in [-0.15, -0.1) is 0 Å². The fourth-order valence-corrected chi connectivity index (χ4v) is 0.454. The summed E-state index contributed by atoms with van der Waals surface area (Å²) in [5.74, 6) is 0. The molecule has 0 unspecified atom stereocenters. The summed E-state index contributed by atoms with van der Waals surface area (Å²) in [7, 11) is 0. The second-order valence-electron chi connectivity index (χ2n) is 1.75. The van der Waals surface area contributed by atoms with Crippen molar-refractivity contribution in [1.82, 2.24) is 0 Å². The Morgan fingerprint density at radius 2 is 1.67 bits per heavy atom. The summed E-state index contributed by atoms with van der Waals surface area (Å²) in [6.07, 6.45) is 13.4. The summed E-state index contributed by atoms with van der Waals surface area (Å²) >= 11 is 0. The lowest BCUT2D eigenvalue weighted by Gasteiger charge is -1.72. The number of hydrogen-bond acceptors (Lipinski definition) is 0. The number of allylic oxidation sites excluding steroid dienone is 6. The zero-order valence-electron chi connectivity index (χ0n) is 6.17. The Bertz CT molecular complexity index is 116. The first-order valence-electron chi connectivity index (χ1n) is 3.36. The maximum absolute atomic E-state index is 2.12. The molecule has 0 aromatic heterocycles. The molecule has 0 saturated heterocycles. The van der Waals surface area contributed by atoms with E-state index in [0.29, 0.717) is 0 Å². The molecule has 0 bridgehead atoms. The van der Waals surface area contributed by atoms with Crippen LogP contribution in [0, 0.1) is 0 Å². The summed E-state index contributed by atoms with van der Waals surface area (Å²) in [5.41, 5.74) is 0. The molecule has 0 atom stereocenters. The van der Waals surface area contributed by atoms with Crippen LogP contribution in [0.25, 0.3) is 0 Å². The van der Waals surface area contributed by atoms with Gasteiger partial charge in [0.15, 0.2) is 0 Å². The smallest absolute Gasteiger partial charge is 0.0376 e. The normalized spacial score (nSPS) is 12.7. The maximum Gasteiger partial charge on any atom is -0.0376 e. The first-order chi connectivity index (χ1) is 4.41. The van der Waals surface area contributed by atoms with E-state index in [0.717, 1.165) is 6.42 Å². The Morgan fingerprint density at radius 1 is 1.00 bits per heavy atom. The van der Waals surface area contributed by atoms with E-state index in [1.54, 1.807) is 0 Å². The highest BCUT2D eigenvalue weighted by Gasteiger charge is 1.60. The highest BCUT2D eigenvalue weighted by Crippen LogP contribution is 1.82. The SMILES string of the molecule is CC=CC=C/C=C/CC. The minimum Gasteiger partial charge on any atom is -0.0877 e. The summed E-state index contributed by atoms with van der Waals surface area (Å²) in [4.78, 5) is 0. The molecule has 0 aliphatic carbocycles. The largest absolute Gasteiger partial charge is 0.0877 e. The molecule has 0 radical (unpaired) electrons. The van der Waals surface area contributed by atoms with Gasteiger partial charge in [-0.1, -0.05) is 43.4 Å². The second kappa shape index (κ2) is 7.22. The van der Waals surface area contributed by atoms with E-state index >= 15 is 0 Å². The first kappa shape index (κ1) is 8.22. The van der Waals surface area contributed by atoms with Crippen LogP contribution < -0.4 is 0 Å². The molecular formula is C9H14. The van der Waals surface area contributed by atoms with Crippen LogP contribution in [-0.4, -0.2) is 0 Å². The summed E-state index contributed by atoms with van der Waals surface area (Å²) in [5, 5.41) is 0. The van der Waals surface area contributed by atoms with Crippen LogP contribution in [0.5, 0.6) is 0 Å². The van der Waals surface area contributed by atoms with Crippen molar-refractivity contribution < 1.29 is 0 Å². The molecule has 0 rings (SSSR count). The Morgan fingerprint density at radius 3 is 2.22 bits per heavy atom. The van der Waals surface area contributed by atoms with Gasteiger partial charge in [0, 0.05) is 0 Å². The molecule has 0 aromatic rings. The van der Waals surface area contributed by atoms with Gasteiger partial charge < -0.3 is 0 Å². The minimum absolute atomic E-state index is 1.11. The molecule has 0 saturated carbocycles. The average molecular weight is 122 g/mol. The standard InChI is InChI=1S/C9H14/c1-3-5-7-9-8-6-4-2/h3,5-9H,4H2,1-2H3/b5-3?,8-6+,9-7?. The van der Waals surface area contributed by atoms with Crippen LogP contribution in [0.2, 0.25) is 0 Å². The quantitative estimate of drug-likeness (QED) is 0.504. The number of rotatable bonds is 3. The van der Waals surface area contributed by atoms with E-state index in [1.807, 2.05) is 31.2 Å². The van der Waals surface area contributed by atoms with Crippen molar-refractivity contribution in [3.05, 3.63) is 36.5 Å². The molecule has 0 nitrogen and oxygen atoms in total. The van der Waals surface area contributed by atoms with Crippen LogP contribution in [0.1, 0.15) is 20.3 Å². The molecule has 0 aromatic carbocycles. The highest BCUT2D eigenvalue weighted by molar-refractivity contribution is 5.10. The van der Waals surface area contributed by atoms with Crippen LogP contribution in [0.4, 0.5) is 0 Å². The van der Waals surface area contributed by atoms with E-state index < -0.39 is 0 Å². The third kappa shape index (κ3) is 7.22. The summed E-state index contributed by atoms with van der Waals surface area (Å²) in [6, 6.07) is 0. The van der Waals surface area contributed by atoms with Gasteiger partial charge in [-0.05, 0) is 13.3 Å². The van der Waals surface area contributed by atoms with E-state index in [9.17, 15) is 0 Å². The predicted octanol–water partition coefficient (Wildman–Crippen LogP) is 3.08. The van der Waals surface area contributed by atoms with Crippen molar-refractivity contribution in [1.29, 1.82) is 0 Å². The summed E-state index contributed by atoms with van der Waals surface area (Å²) in [6.45, 7) is 4.13. The lowest BCUT2D eigenvalue weighted by molar-refractivity contribution is 1.22. The molecule has 0 N–H and O–H groups in total. The molecule has 0 aliphatic rings. The zero-order chi connectivity index (χ0) is 6.95. The van der Waals surface area contributed by atoms with Gasteiger partial charge in [-0.2, -0.15) is 0 Å². The molecule has 0 aliphatic heterocycles. The van der Waals surface area contributed by atoms with Crippen molar-refractivity contribution >= 4 is 0 Å². The van der Waals surface area contributed by atoms with E-state index in [1.165, 1.54) is 0 Å². The highest BCUT2D eigenvalue weighted by atomic mass is 13.7. The minimum atomic E-state index is 1.11. The third-order valence-electron chi connectivity index (χ3n) is 0.898. The molecule has 0 spiro atoms. The van der Waals surface area contributed by atoms with Gasteiger partial charge in [0.1, 0.15) is 0 Å². The molecule has 0 amide bonds. The zero-order valence-corrected chi connectivity index (χ0v) is 6.17. The van der Waals surface area contributed by atoms with Crippen LogP contribution in [0.15, 0.2) is 36.5 Å². The average Bonchev–Trinajstić information content (AvgIpc) is 1.89. The lowest BCUT2D eigenvalue weighted by Crippen LogP contribution is -1.51. The third-order valence-corrected chi connectivity index (χ3v) is 0.898. The predicted molar refractivity (Wildman–Crippen MR) is 43.4 cm³/mol. The topological polar surface area (TPSA) is 0 Å². The maximum atomic E-state index is 2.12. The fourth-order valence-electron chi connectivity index (χ4n) is 0.454. The Kier molecular flexibility index (Phi) is 6.59.